The molecule has 4 aromatic rings. The largest absolute Gasteiger partial charge is 0.444 e. The molecule has 3 aromatic heterocycles. The van der Waals surface area contributed by atoms with E-state index in [0.717, 1.165) is 6.07 Å². The number of halogens is 4. The first-order valence-corrected chi connectivity index (χ1v) is 17.3. The molecule has 1 atom stereocenters. The van der Waals surface area contributed by atoms with Gasteiger partial charge in [-0.2, -0.15) is 18.3 Å². The van der Waals surface area contributed by atoms with E-state index in [-0.39, 0.29) is 40.6 Å². The number of amides is 2. The molecule has 16 heteroatoms. The minimum absolute atomic E-state index is 0.0818. The molecule has 2 aliphatic rings. The number of aryl methyl sites for hydroxylation is 2. The number of pyridine rings is 1. The number of carbonyl (C=O) groups is 2. The van der Waals surface area contributed by atoms with Crippen LogP contribution in [0.2, 0.25) is 0 Å². The number of aromatic nitrogens is 5. The van der Waals surface area contributed by atoms with E-state index in [2.05, 4.69) is 30.9 Å². The van der Waals surface area contributed by atoms with Gasteiger partial charge in [-0.3, -0.25) is 9.59 Å². The Hall–Kier alpha value is -4.73. The van der Waals surface area contributed by atoms with Crippen LogP contribution in [0.3, 0.4) is 0 Å². The number of piperazine rings is 1. The van der Waals surface area contributed by atoms with Crippen LogP contribution in [0.5, 0.6) is 0 Å². The fourth-order valence-electron chi connectivity index (χ4n) is 6.31. The van der Waals surface area contributed by atoms with Crippen LogP contribution in [-0.4, -0.2) is 83.9 Å². The average Bonchev–Trinajstić information content (AvgIpc) is 3.40. The molecular weight excluding hydrogens is 733 g/mol. The lowest BCUT2D eigenvalue weighted by atomic mass is 9.98. The molecule has 0 saturated carbocycles. The number of carbonyl (C=O) groups excluding carboxylic acids is 2. The molecule has 1 fully saturated rings. The number of anilines is 1. The first-order valence-electron chi connectivity index (χ1n) is 16.5. The second kappa shape index (κ2) is 13.4. The second-order valence-electron chi connectivity index (χ2n) is 13.8. The molecule has 51 heavy (non-hydrogen) atoms. The number of alkyl halides is 3. The van der Waals surface area contributed by atoms with Gasteiger partial charge in [0.2, 0.25) is 5.95 Å². The summed E-state index contributed by atoms with van der Waals surface area (Å²) < 4.78 is 49.3. The zero-order chi connectivity index (χ0) is 37.0. The van der Waals surface area contributed by atoms with E-state index >= 15 is 0 Å². The first-order chi connectivity index (χ1) is 23.9. The molecular formula is C35H38BrF3N8O4. The Labute approximate surface area is 301 Å². The Morgan fingerprint density at radius 3 is 2.29 bits per heavy atom. The molecule has 2 amide bonds. The van der Waals surface area contributed by atoms with Crippen LogP contribution in [0.25, 0.3) is 11.6 Å². The molecule has 0 aliphatic carbocycles. The Bertz CT molecular complexity index is 2050. The van der Waals surface area contributed by atoms with Crippen molar-refractivity contribution in [2.24, 2.45) is 0 Å². The van der Waals surface area contributed by atoms with Crippen molar-refractivity contribution < 1.29 is 27.5 Å². The Morgan fingerprint density at radius 1 is 1.00 bits per heavy atom. The van der Waals surface area contributed by atoms with Gasteiger partial charge in [0, 0.05) is 53.5 Å². The molecule has 6 rings (SSSR count). The van der Waals surface area contributed by atoms with Crippen LogP contribution in [0, 0.1) is 13.8 Å². The minimum atomic E-state index is -4.65. The fourth-order valence-corrected chi connectivity index (χ4v) is 6.78. The molecule has 1 aromatic carbocycles. The molecule has 0 spiro atoms. The monoisotopic (exact) mass is 770 g/mol. The lowest BCUT2D eigenvalue weighted by Gasteiger charge is -2.36. The molecule has 5 heterocycles. The number of fused-ring (bicyclic) bond motifs is 1. The molecule has 0 bridgehead atoms. The third-order valence-corrected chi connectivity index (χ3v) is 9.51. The van der Waals surface area contributed by atoms with Gasteiger partial charge in [0.15, 0.2) is 0 Å². The number of hydrogen-bond acceptors (Lipinski definition) is 8. The smallest absolute Gasteiger partial charge is 0.417 e. The van der Waals surface area contributed by atoms with Crippen LogP contribution < -0.4 is 10.5 Å². The highest BCUT2D eigenvalue weighted by Gasteiger charge is 2.36. The van der Waals surface area contributed by atoms with Gasteiger partial charge in [-0.1, -0.05) is 15.9 Å². The molecule has 0 N–H and O–H groups in total. The van der Waals surface area contributed by atoms with Crippen molar-refractivity contribution in [2.45, 2.75) is 72.3 Å². The quantitative estimate of drug-likeness (QED) is 0.254. The number of ether oxygens (including phenoxy) is 1. The summed E-state index contributed by atoms with van der Waals surface area (Å²) in [6, 6.07) is 8.31. The molecule has 0 radical (unpaired) electrons. The van der Waals surface area contributed by atoms with Gasteiger partial charge in [0.05, 0.1) is 35.4 Å². The third kappa shape index (κ3) is 7.37. The van der Waals surface area contributed by atoms with Crippen LogP contribution >= 0.6 is 15.9 Å². The maximum Gasteiger partial charge on any atom is 0.417 e. The summed E-state index contributed by atoms with van der Waals surface area (Å²) in [6.45, 7) is 12.8. The SMILES string of the molecule is Cc1cc(C)n(-c2nc3c(c(=O)n2-c2ccc(N4CCN(C(=O)OC(C)(C)C)CC4)nc2)C[C@@H](C)N(C(=O)c2ccc(Br)c(C(F)(F)F)c2)C3)n1. The Kier molecular flexibility index (Phi) is 9.50. The van der Waals surface area contributed by atoms with Crippen molar-refractivity contribution in [3.05, 3.63) is 91.2 Å². The highest BCUT2D eigenvalue weighted by molar-refractivity contribution is 9.10. The van der Waals surface area contributed by atoms with Crippen LogP contribution in [0.4, 0.5) is 23.8 Å². The van der Waals surface area contributed by atoms with Crippen molar-refractivity contribution >= 4 is 33.7 Å². The number of rotatable bonds is 4. The summed E-state index contributed by atoms with van der Waals surface area (Å²) in [6.07, 6.45) is -3.28. The van der Waals surface area contributed by atoms with Gasteiger partial charge >= 0.3 is 12.3 Å². The highest BCUT2D eigenvalue weighted by Crippen LogP contribution is 2.36. The van der Waals surface area contributed by atoms with E-state index in [9.17, 15) is 27.6 Å². The lowest BCUT2D eigenvalue weighted by Crippen LogP contribution is -2.50. The van der Waals surface area contributed by atoms with Crippen LogP contribution in [-0.2, 0) is 23.9 Å². The van der Waals surface area contributed by atoms with Gasteiger partial charge in [0.25, 0.3) is 11.5 Å². The van der Waals surface area contributed by atoms with Gasteiger partial charge in [-0.15, -0.1) is 0 Å². The Morgan fingerprint density at radius 2 is 1.71 bits per heavy atom. The van der Waals surface area contributed by atoms with E-state index in [1.165, 1.54) is 21.6 Å². The van der Waals surface area contributed by atoms with Gasteiger partial charge in [-0.05, 0) is 84.4 Å². The summed E-state index contributed by atoms with van der Waals surface area (Å²) >= 11 is 2.93. The van der Waals surface area contributed by atoms with Crippen molar-refractivity contribution in [1.82, 2.24) is 34.1 Å². The standard InChI is InChI=1S/C35H38BrF3N8O4/c1-20-15-22(3)47(42-20)32-41-28-19-45(30(48)23-7-9-27(36)26(17-23)35(37,38)39)21(2)16-25(28)31(49)46(32)24-8-10-29(40-18-24)43-11-13-44(14-12-43)33(50)51-34(4,5)6/h7-10,15,17-18,21H,11-14,16,19H2,1-6H3/t21-/m1/s1. The zero-order valence-electron chi connectivity index (χ0n) is 29.1. The number of nitrogens with zero attached hydrogens (tertiary/aromatic N) is 8. The van der Waals surface area contributed by atoms with Crippen molar-refractivity contribution in [3.8, 4) is 11.6 Å². The average molecular weight is 772 g/mol. The van der Waals surface area contributed by atoms with E-state index in [1.807, 2.05) is 46.8 Å². The lowest BCUT2D eigenvalue weighted by molar-refractivity contribution is -0.138. The predicted molar refractivity (Wildman–Crippen MR) is 186 cm³/mol. The van der Waals surface area contributed by atoms with E-state index in [0.29, 0.717) is 60.3 Å². The maximum atomic E-state index is 14.4. The van der Waals surface area contributed by atoms with Crippen molar-refractivity contribution in [2.75, 3.05) is 31.1 Å². The molecule has 12 nitrogen and oxygen atoms in total. The molecule has 0 unspecified atom stereocenters. The molecule has 1 saturated heterocycles. The van der Waals surface area contributed by atoms with E-state index in [4.69, 9.17) is 9.72 Å². The van der Waals surface area contributed by atoms with Crippen LogP contribution in [0.1, 0.15) is 66.3 Å². The summed E-state index contributed by atoms with van der Waals surface area (Å²) in [5, 5.41) is 4.58. The van der Waals surface area contributed by atoms with Crippen molar-refractivity contribution in [3.63, 3.8) is 0 Å². The topological polar surface area (TPSA) is 119 Å². The summed E-state index contributed by atoms with van der Waals surface area (Å²) in [5.74, 6) is 0.268. The third-order valence-electron chi connectivity index (χ3n) is 8.82. The molecule has 270 valence electrons. The summed E-state index contributed by atoms with van der Waals surface area (Å²) in [4.78, 5) is 55.2. The highest BCUT2D eigenvalue weighted by atomic mass is 79.9. The predicted octanol–water partition coefficient (Wildman–Crippen LogP) is 5.86. The number of benzene rings is 1. The second-order valence-corrected chi connectivity index (χ2v) is 14.7. The summed E-state index contributed by atoms with van der Waals surface area (Å²) in [5.41, 5.74) is 0.592. The first kappa shape index (κ1) is 36.1. The van der Waals surface area contributed by atoms with Gasteiger partial charge in [0.1, 0.15) is 11.4 Å². The van der Waals surface area contributed by atoms with E-state index in [1.54, 1.807) is 28.8 Å². The van der Waals surface area contributed by atoms with Crippen LogP contribution in [0.15, 0.2) is 51.9 Å². The number of hydrogen-bond donors (Lipinski definition) is 0. The fraction of sp³-hybridized carbons (Fsp3) is 0.429. The van der Waals surface area contributed by atoms with Crippen molar-refractivity contribution in [1.29, 1.82) is 0 Å². The Balaban J connectivity index is 1.32. The van der Waals surface area contributed by atoms with Gasteiger partial charge < -0.3 is 19.4 Å². The minimum Gasteiger partial charge on any atom is -0.444 e. The van der Waals surface area contributed by atoms with E-state index < -0.39 is 29.3 Å². The normalized spacial score (nSPS) is 16.7. The zero-order valence-corrected chi connectivity index (χ0v) is 30.7. The summed E-state index contributed by atoms with van der Waals surface area (Å²) in [7, 11) is 0. The maximum absolute atomic E-state index is 14.4. The molecule has 2 aliphatic heterocycles. The van der Waals surface area contributed by atoms with Gasteiger partial charge in [-0.25, -0.2) is 24.0 Å².